The summed E-state index contributed by atoms with van der Waals surface area (Å²) >= 11 is 0. The second-order valence-electron chi connectivity index (χ2n) is 3.38. The minimum absolute atomic E-state index is 0.341. The van der Waals surface area contributed by atoms with Gasteiger partial charge in [0.2, 0.25) is 5.88 Å². The number of aromatic nitrogens is 1. The van der Waals surface area contributed by atoms with Gasteiger partial charge in [0, 0.05) is 6.07 Å². The molecule has 70 valence electrons. The Labute approximate surface area is 76.9 Å². The zero-order chi connectivity index (χ0) is 9.26. The lowest BCUT2D eigenvalue weighted by Gasteiger charge is -2.05. The van der Waals surface area contributed by atoms with E-state index in [1.807, 2.05) is 0 Å². The summed E-state index contributed by atoms with van der Waals surface area (Å²) in [5, 5.41) is 0. The normalized spacial score (nSPS) is 15.7. The first kappa shape index (κ1) is 8.16. The highest BCUT2D eigenvalue weighted by Gasteiger charge is 2.22. The SMILES string of the molecule is Nc1ccc(OCC2CC2)nc1N. The highest BCUT2D eigenvalue weighted by Crippen LogP contribution is 2.29. The Kier molecular flexibility index (Phi) is 1.96. The topological polar surface area (TPSA) is 74.2 Å². The molecule has 4 nitrogen and oxygen atoms in total. The maximum atomic E-state index is 5.53. The van der Waals surface area contributed by atoms with Crippen molar-refractivity contribution in [1.82, 2.24) is 4.98 Å². The van der Waals surface area contributed by atoms with Crippen LogP contribution in [0, 0.1) is 5.92 Å². The van der Waals surface area contributed by atoms with E-state index in [2.05, 4.69) is 4.98 Å². The predicted octanol–water partition coefficient (Wildman–Crippen LogP) is 1.03. The van der Waals surface area contributed by atoms with Crippen molar-refractivity contribution >= 4 is 11.5 Å². The molecule has 0 bridgehead atoms. The van der Waals surface area contributed by atoms with Gasteiger partial charge in [0.25, 0.3) is 0 Å². The maximum absolute atomic E-state index is 5.53. The molecule has 13 heavy (non-hydrogen) atoms. The second kappa shape index (κ2) is 3.12. The van der Waals surface area contributed by atoms with Gasteiger partial charge in [-0.1, -0.05) is 0 Å². The fourth-order valence-electron chi connectivity index (χ4n) is 1.04. The Morgan fingerprint density at radius 1 is 1.38 bits per heavy atom. The zero-order valence-electron chi connectivity index (χ0n) is 7.36. The molecular formula is C9H13N3O. The highest BCUT2D eigenvalue weighted by atomic mass is 16.5. The predicted molar refractivity (Wildman–Crippen MR) is 51.3 cm³/mol. The van der Waals surface area contributed by atoms with E-state index in [1.54, 1.807) is 12.1 Å². The average Bonchev–Trinajstić information content (AvgIpc) is 2.91. The van der Waals surface area contributed by atoms with Crippen molar-refractivity contribution < 1.29 is 4.74 Å². The van der Waals surface area contributed by atoms with Crippen LogP contribution < -0.4 is 16.2 Å². The molecule has 1 aromatic rings. The Hall–Kier alpha value is -1.45. The number of nitrogens with two attached hydrogens (primary N) is 2. The first-order valence-corrected chi connectivity index (χ1v) is 4.40. The van der Waals surface area contributed by atoms with Crippen LogP contribution in [0.1, 0.15) is 12.8 Å². The smallest absolute Gasteiger partial charge is 0.215 e. The number of rotatable bonds is 3. The van der Waals surface area contributed by atoms with E-state index in [0.29, 0.717) is 17.4 Å². The monoisotopic (exact) mass is 179 g/mol. The molecule has 1 aliphatic rings. The van der Waals surface area contributed by atoms with Gasteiger partial charge in [0.05, 0.1) is 12.3 Å². The maximum Gasteiger partial charge on any atom is 0.215 e. The molecule has 0 aromatic carbocycles. The molecular weight excluding hydrogens is 166 g/mol. The molecule has 1 fully saturated rings. The second-order valence-corrected chi connectivity index (χ2v) is 3.38. The molecule has 2 rings (SSSR count). The van der Waals surface area contributed by atoms with E-state index in [0.717, 1.165) is 12.5 Å². The number of nitrogen functional groups attached to an aromatic ring is 2. The summed E-state index contributed by atoms with van der Waals surface area (Å²) in [5.74, 6) is 1.63. The van der Waals surface area contributed by atoms with Crippen LogP contribution >= 0.6 is 0 Å². The first-order valence-electron chi connectivity index (χ1n) is 4.40. The Morgan fingerprint density at radius 3 is 2.77 bits per heavy atom. The van der Waals surface area contributed by atoms with E-state index in [-0.39, 0.29) is 0 Å². The third-order valence-corrected chi connectivity index (χ3v) is 2.10. The van der Waals surface area contributed by atoms with Crippen molar-refractivity contribution in [3.05, 3.63) is 12.1 Å². The lowest BCUT2D eigenvalue weighted by atomic mass is 10.4. The number of hydrogen-bond acceptors (Lipinski definition) is 4. The molecule has 0 amide bonds. The molecule has 0 saturated heterocycles. The molecule has 0 atom stereocenters. The van der Waals surface area contributed by atoms with Crippen molar-refractivity contribution in [2.75, 3.05) is 18.1 Å². The van der Waals surface area contributed by atoms with Gasteiger partial charge in [0.1, 0.15) is 0 Å². The fraction of sp³-hybridized carbons (Fsp3) is 0.444. The molecule has 0 unspecified atom stereocenters. The Bertz CT molecular complexity index is 310. The van der Waals surface area contributed by atoms with Crippen molar-refractivity contribution in [3.63, 3.8) is 0 Å². The number of hydrogen-bond donors (Lipinski definition) is 2. The molecule has 4 heteroatoms. The first-order chi connectivity index (χ1) is 6.25. The summed E-state index contributed by atoms with van der Waals surface area (Å²) in [5.41, 5.74) is 11.5. The number of ether oxygens (including phenoxy) is 1. The van der Waals surface area contributed by atoms with Crippen molar-refractivity contribution in [2.24, 2.45) is 5.92 Å². The number of nitrogens with zero attached hydrogens (tertiary/aromatic N) is 1. The summed E-state index contributed by atoms with van der Waals surface area (Å²) < 4.78 is 5.42. The van der Waals surface area contributed by atoms with Crippen molar-refractivity contribution in [3.8, 4) is 5.88 Å². The summed E-state index contributed by atoms with van der Waals surface area (Å²) in [6, 6.07) is 3.46. The Balaban J connectivity index is 1.98. The van der Waals surface area contributed by atoms with Crippen LogP contribution in [-0.4, -0.2) is 11.6 Å². The van der Waals surface area contributed by atoms with Gasteiger partial charge in [-0.15, -0.1) is 0 Å². The molecule has 0 radical (unpaired) electrons. The molecule has 1 heterocycles. The van der Waals surface area contributed by atoms with Gasteiger partial charge >= 0.3 is 0 Å². The van der Waals surface area contributed by atoms with E-state index >= 15 is 0 Å². The lowest BCUT2D eigenvalue weighted by molar-refractivity contribution is 0.289. The van der Waals surface area contributed by atoms with Gasteiger partial charge in [-0.2, -0.15) is 4.98 Å². The average molecular weight is 179 g/mol. The van der Waals surface area contributed by atoms with Crippen LogP contribution in [0.15, 0.2) is 12.1 Å². The highest BCUT2D eigenvalue weighted by molar-refractivity contribution is 5.58. The fourth-order valence-corrected chi connectivity index (χ4v) is 1.04. The zero-order valence-corrected chi connectivity index (χ0v) is 7.36. The van der Waals surface area contributed by atoms with E-state index < -0.39 is 0 Å². The largest absolute Gasteiger partial charge is 0.477 e. The van der Waals surface area contributed by atoms with Crippen LogP contribution in [-0.2, 0) is 0 Å². The van der Waals surface area contributed by atoms with E-state index in [9.17, 15) is 0 Å². The van der Waals surface area contributed by atoms with Crippen LogP contribution in [0.25, 0.3) is 0 Å². The van der Waals surface area contributed by atoms with Gasteiger partial charge < -0.3 is 16.2 Å². The third kappa shape index (κ3) is 2.02. The summed E-state index contributed by atoms with van der Waals surface area (Å²) in [6.45, 7) is 0.746. The molecule has 1 saturated carbocycles. The standard InChI is InChI=1S/C9H13N3O/c10-7-3-4-8(12-9(7)11)13-5-6-1-2-6/h3-4,6H,1-2,5,10H2,(H2,11,12). The molecule has 0 spiro atoms. The van der Waals surface area contributed by atoms with E-state index in [4.69, 9.17) is 16.2 Å². The lowest BCUT2D eigenvalue weighted by Crippen LogP contribution is -2.03. The molecule has 0 aliphatic heterocycles. The number of pyridine rings is 1. The van der Waals surface area contributed by atoms with Crippen LogP contribution in [0.2, 0.25) is 0 Å². The van der Waals surface area contributed by atoms with Gasteiger partial charge in [0.15, 0.2) is 5.82 Å². The van der Waals surface area contributed by atoms with Gasteiger partial charge in [-0.3, -0.25) is 0 Å². The van der Waals surface area contributed by atoms with Crippen LogP contribution in [0.4, 0.5) is 11.5 Å². The quantitative estimate of drug-likeness (QED) is 0.726. The van der Waals surface area contributed by atoms with Gasteiger partial charge in [-0.05, 0) is 24.8 Å². The molecule has 4 N–H and O–H groups in total. The van der Waals surface area contributed by atoms with Crippen molar-refractivity contribution in [1.29, 1.82) is 0 Å². The summed E-state index contributed by atoms with van der Waals surface area (Å²) in [4.78, 5) is 4.00. The third-order valence-electron chi connectivity index (χ3n) is 2.10. The van der Waals surface area contributed by atoms with E-state index in [1.165, 1.54) is 12.8 Å². The molecule has 1 aromatic heterocycles. The van der Waals surface area contributed by atoms with Gasteiger partial charge in [-0.25, -0.2) is 0 Å². The Morgan fingerprint density at radius 2 is 2.15 bits per heavy atom. The summed E-state index contributed by atoms with van der Waals surface area (Å²) in [7, 11) is 0. The minimum atomic E-state index is 0.341. The minimum Gasteiger partial charge on any atom is -0.477 e. The number of anilines is 2. The van der Waals surface area contributed by atoms with Crippen LogP contribution in [0.3, 0.4) is 0 Å². The van der Waals surface area contributed by atoms with Crippen molar-refractivity contribution in [2.45, 2.75) is 12.8 Å². The van der Waals surface area contributed by atoms with Crippen LogP contribution in [0.5, 0.6) is 5.88 Å². The molecule has 1 aliphatic carbocycles. The summed E-state index contributed by atoms with van der Waals surface area (Å²) in [6.07, 6.45) is 2.54.